The van der Waals surface area contributed by atoms with Gasteiger partial charge in [-0.25, -0.2) is 0 Å². The second-order valence-corrected chi connectivity index (χ2v) is 5.26. The number of hydrogen-bond acceptors (Lipinski definition) is 1. The Bertz CT molecular complexity index is 451. The fourth-order valence-electron chi connectivity index (χ4n) is 1.20. The van der Waals surface area contributed by atoms with E-state index in [0.717, 1.165) is 15.9 Å². The van der Waals surface area contributed by atoms with E-state index in [-0.39, 0.29) is 0 Å². The molecule has 0 bridgehead atoms. The summed E-state index contributed by atoms with van der Waals surface area (Å²) < 4.78 is 8.02. The summed E-state index contributed by atoms with van der Waals surface area (Å²) >= 11 is 5.01. The standard InChI is InChI=1S/C12H8As2O/c13-9-4-6-11(7-5-9)15-12-3-1-2-10(14)8-12/h1-8H. The average Bonchev–Trinajstić information content (AvgIpc) is 2.22. The summed E-state index contributed by atoms with van der Waals surface area (Å²) in [5.41, 5.74) is 0. The minimum atomic E-state index is 0.864. The van der Waals surface area contributed by atoms with Crippen LogP contribution in [0.2, 0.25) is 0 Å². The SMILES string of the molecule is [As]c1ccc(Oc2cccc([As])c2)cc1. The van der Waals surface area contributed by atoms with Crippen LogP contribution in [0.3, 0.4) is 0 Å². The number of benzene rings is 2. The van der Waals surface area contributed by atoms with E-state index in [9.17, 15) is 0 Å². The summed E-state index contributed by atoms with van der Waals surface area (Å²) in [6.45, 7) is 0. The molecule has 0 aromatic heterocycles. The molecule has 0 N–H and O–H groups in total. The van der Waals surface area contributed by atoms with Gasteiger partial charge in [0.1, 0.15) is 0 Å². The van der Waals surface area contributed by atoms with Crippen molar-refractivity contribution < 1.29 is 4.74 Å². The van der Waals surface area contributed by atoms with E-state index >= 15 is 0 Å². The summed E-state index contributed by atoms with van der Waals surface area (Å²) in [5, 5.41) is 0. The van der Waals surface area contributed by atoms with Crippen molar-refractivity contribution in [3.05, 3.63) is 48.5 Å². The third kappa shape index (κ3) is 3.16. The van der Waals surface area contributed by atoms with Gasteiger partial charge in [-0.05, 0) is 0 Å². The summed E-state index contributed by atoms with van der Waals surface area (Å²) in [4.78, 5) is 0. The van der Waals surface area contributed by atoms with Gasteiger partial charge in [0, 0.05) is 0 Å². The van der Waals surface area contributed by atoms with Crippen molar-refractivity contribution in [3.8, 4) is 11.5 Å². The van der Waals surface area contributed by atoms with Crippen molar-refractivity contribution in [2.45, 2.75) is 0 Å². The molecular formula is C12H8As2O. The summed E-state index contributed by atoms with van der Waals surface area (Å²) in [7, 11) is 0. The van der Waals surface area contributed by atoms with Crippen LogP contribution in [0, 0.1) is 0 Å². The first-order chi connectivity index (χ1) is 7.24. The van der Waals surface area contributed by atoms with Gasteiger partial charge in [0.25, 0.3) is 0 Å². The molecule has 0 saturated carbocycles. The molecule has 0 atom stereocenters. The molecule has 4 radical (unpaired) electrons. The predicted octanol–water partition coefficient (Wildman–Crippen LogP) is 1.07. The first kappa shape index (κ1) is 10.9. The molecule has 2 aromatic carbocycles. The number of rotatable bonds is 2. The Labute approximate surface area is 107 Å². The molecule has 0 unspecified atom stereocenters. The van der Waals surface area contributed by atoms with Crippen LogP contribution in [0.5, 0.6) is 11.5 Å². The molecule has 0 aliphatic carbocycles. The molecule has 0 heterocycles. The van der Waals surface area contributed by atoms with Crippen molar-refractivity contribution in [1.29, 1.82) is 0 Å². The molecule has 0 aliphatic heterocycles. The van der Waals surface area contributed by atoms with Crippen molar-refractivity contribution in [1.82, 2.24) is 0 Å². The Morgan fingerprint density at radius 2 is 1.47 bits per heavy atom. The topological polar surface area (TPSA) is 9.23 Å². The van der Waals surface area contributed by atoms with Gasteiger partial charge in [-0.2, -0.15) is 0 Å². The van der Waals surface area contributed by atoms with E-state index in [1.54, 1.807) is 0 Å². The van der Waals surface area contributed by atoms with Gasteiger partial charge in [0.2, 0.25) is 0 Å². The van der Waals surface area contributed by atoms with Gasteiger partial charge in [0.05, 0.1) is 0 Å². The van der Waals surface area contributed by atoms with Gasteiger partial charge < -0.3 is 0 Å². The fourth-order valence-corrected chi connectivity index (χ4v) is 1.96. The second-order valence-electron chi connectivity index (χ2n) is 3.09. The van der Waals surface area contributed by atoms with E-state index in [1.165, 1.54) is 4.35 Å². The molecule has 0 amide bonds. The van der Waals surface area contributed by atoms with E-state index in [0.29, 0.717) is 0 Å². The number of ether oxygens (including phenoxy) is 1. The van der Waals surface area contributed by atoms with Crippen molar-refractivity contribution in [2.24, 2.45) is 0 Å². The molecule has 0 saturated heterocycles. The second kappa shape index (κ2) is 4.92. The van der Waals surface area contributed by atoms with Gasteiger partial charge in [0.15, 0.2) is 0 Å². The van der Waals surface area contributed by atoms with Gasteiger partial charge >= 0.3 is 107 Å². The molecule has 2 aromatic rings. The van der Waals surface area contributed by atoms with Crippen molar-refractivity contribution >= 4 is 42.4 Å². The molecule has 0 fully saturated rings. The predicted molar refractivity (Wildman–Crippen MR) is 63.7 cm³/mol. The zero-order valence-corrected chi connectivity index (χ0v) is 11.7. The first-order valence-corrected chi connectivity index (χ1v) is 6.37. The summed E-state index contributed by atoms with van der Waals surface area (Å²) in [5.74, 6) is 1.73. The zero-order chi connectivity index (χ0) is 10.7. The molecule has 3 heteroatoms. The minimum absolute atomic E-state index is 0.864. The molecule has 2 rings (SSSR count). The maximum absolute atomic E-state index is 5.70. The summed E-state index contributed by atoms with van der Waals surface area (Å²) in [6.07, 6.45) is 0. The molecule has 15 heavy (non-hydrogen) atoms. The van der Waals surface area contributed by atoms with Crippen LogP contribution in [-0.2, 0) is 0 Å². The monoisotopic (exact) mass is 318 g/mol. The Hall–Kier alpha value is -0.643. The van der Waals surface area contributed by atoms with Crippen LogP contribution in [0.15, 0.2) is 48.5 Å². The zero-order valence-electron chi connectivity index (χ0n) is 7.92. The quantitative estimate of drug-likeness (QED) is 0.753. The van der Waals surface area contributed by atoms with Crippen LogP contribution in [0.25, 0.3) is 0 Å². The number of hydrogen-bond donors (Lipinski definition) is 0. The first-order valence-electron chi connectivity index (χ1n) is 4.50. The maximum atomic E-state index is 5.70. The van der Waals surface area contributed by atoms with Crippen LogP contribution in [0.1, 0.15) is 0 Å². The van der Waals surface area contributed by atoms with Crippen LogP contribution >= 0.6 is 0 Å². The Kier molecular flexibility index (Phi) is 3.56. The molecule has 0 spiro atoms. The fraction of sp³-hybridized carbons (Fsp3) is 0. The Balaban J connectivity index is 2.18. The molecular weight excluding hydrogens is 310 g/mol. The van der Waals surface area contributed by atoms with Crippen molar-refractivity contribution in [3.63, 3.8) is 0 Å². The average molecular weight is 318 g/mol. The van der Waals surface area contributed by atoms with Crippen LogP contribution < -0.4 is 13.4 Å². The van der Waals surface area contributed by atoms with E-state index in [2.05, 4.69) is 33.7 Å². The van der Waals surface area contributed by atoms with Gasteiger partial charge in [-0.1, -0.05) is 0 Å². The van der Waals surface area contributed by atoms with Gasteiger partial charge in [-0.3, -0.25) is 0 Å². The van der Waals surface area contributed by atoms with E-state index in [1.807, 2.05) is 48.5 Å². The Morgan fingerprint density at radius 1 is 0.733 bits per heavy atom. The molecule has 72 valence electrons. The molecule has 1 nitrogen and oxygen atoms in total. The third-order valence-electron chi connectivity index (χ3n) is 1.89. The van der Waals surface area contributed by atoms with E-state index in [4.69, 9.17) is 4.74 Å². The summed E-state index contributed by atoms with van der Waals surface area (Å²) in [6, 6.07) is 15.9. The normalized spacial score (nSPS) is 10.0. The Morgan fingerprint density at radius 3 is 2.13 bits per heavy atom. The van der Waals surface area contributed by atoms with Crippen LogP contribution in [0.4, 0.5) is 0 Å². The molecule has 0 aliphatic rings. The third-order valence-corrected chi connectivity index (χ3v) is 3.10. The van der Waals surface area contributed by atoms with Gasteiger partial charge in [-0.15, -0.1) is 0 Å². The van der Waals surface area contributed by atoms with Crippen molar-refractivity contribution in [2.75, 3.05) is 0 Å². The van der Waals surface area contributed by atoms with E-state index < -0.39 is 0 Å². The van der Waals surface area contributed by atoms with Crippen LogP contribution in [-0.4, -0.2) is 33.7 Å².